The van der Waals surface area contributed by atoms with Crippen LogP contribution in [0.2, 0.25) is 10.0 Å². The summed E-state index contributed by atoms with van der Waals surface area (Å²) in [6, 6.07) is 7.91. The van der Waals surface area contributed by atoms with Gasteiger partial charge in [0.25, 0.3) is 5.91 Å². The third-order valence-electron chi connectivity index (χ3n) is 5.98. The first-order valence-corrected chi connectivity index (χ1v) is 12.5. The number of aryl methyl sites for hydroxylation is 1. The van der Waals surface area contributed by atoms with Gasteiger partial charge in [0.1, 0.15) is 11.8 Å². The number of halogens is 2. The molecule has 202 valence electrons. The van der Waals surface area contributed by atoms with Gasteiger partial charge in [-0.25, -0.2) is 4.79 Å². The number of likely N-dealkylation sites (tertiary alicyclic amines) is 1. The largest absolute Gasteiger partial charge is 0.508 e. The molecule has 2 aromatic rings. The number of carboxylic acid groups (broad SMARTS) is 1. The molecule has 0 aliphatic carbocycles. The van der Waals surface area contributed by atoms with Crippen LogP contribution in [0.1, 0.15) is 40.4 Å². The number of hydrogen-bond acceptors (Lipinski definition) is 7. The van der Waals surface area contributed by atoms with Crippen LogP contribution < -0.4 is 10.6 Å². The van der Waals surface area contributed by atoms with E-state index in [-0.39, 0.29) is 40.4 Å². The van der Waals surface area contributed by atoms with E-state index < -0.39 is 30.1 Å². The van der Waals surface area contributed by atoms with Crippen LogP contribution in [0.4, 0.5) is 0 Å². The molecule has 1 aliphatic rings. The molecule has 0 spiro atoms. The highest BCUT2D eigenvalue weighted by Crippen LogP contribution is 2.29. The van der Waals surface area contributed by atoms with Crippen LogP contribution in [0.3, 0.4) is 0 Å². The minimum absolute atomic E-state index is 0.00623. The van der Waals surface area contributed by atoms with E-state index in [1.54, 1.807) is 23.2 Å². The minimum atomic E-state index is -1.41. The molecule has 1 saturated heterocycles. The third-order valence-corrected chi connectivity index (χ3v) is 6.57. The fraction of sp³-hybridized carbons (Fsp3) is 0.360. The maximum Gasteiger partial charge on any atom is 0.328 e. The topological polar surface area (TPSA) is 179 Å². The monoisotopic (exact) mass is 563 g/mol. The van der Waals surface area contributed by atoms with Crippen LogP contribution in [-0.2, 0) is 11.2 Å². The average Bonchev–Trinajstić information content (AvgIpc) is 3.29. The smallest absolute Gasteiger partial charge is 0.328 e. The molecule has 38 heavy (non-hydrogen) atoms. The second kappa shape index (κ2) is 13.3. The number of nitrogens with one attached hydrogen (secondary N) is 2. The van der Waals surface area contributed by atoms with E-state index in [1.807, 2.05) is 0 Å². The summed E-state index contributed by atoms with van der Waals surface area (Å²) in [7, 11) is 0. The van der Waals surface area contributed by atoms with Crippen molar-refractivity contribution in [3.8, 4) is 11.9 Å². The Labute approximate surface area is 228 Å². The number of aliphatic hydroxyl groups excluding tert-OH is 2. The lowest BCUT2D eigenvalue weighted by Gasteiger charge is -2.22. The van der Waals surface area contributed by atoms with Crippen LogP contribution in [0, 0.1) is 11.5 Å². The summed E-state index contributed by atoms with van der Waals surface area (Å²) in [5, 5.41) is 53.4. The maximum atomic E-state index is 12.9. The second-order valence-electron chi connectivity index (χ2n) is 8.75. The molecule has 1 aliphatic heterocycles. The number of aliphatic imine (C=N–C) groups is 1. The molecule has 0 saturated carbocycles. The highest BCUT2D eigenvalue weighted by atomic mass is 35.5. The van der Waals surface area contributed by atoms with Gasteiger partial charge in [-0.3, -0.25) is 4.79 Å². The number of aromatic hydroxyl groups is 1. The molecule has 0 radical (unpaired) electrons. The molecule has 0 aromatic heterocycles. The molecule has 6 N–H and O–H groups in total. The van der Waals surface area contributed by atoms with Gasteiger partial charge in [-0.1, -0.05) is 35.3 Å². The molecule has 2 aromatic carbocycles. The van der Waals surface area contributed by atoms with Crippen molar-refractivity contribution in [2.75, 3.05) is 19.6 Å². The number of benzene rings is 2. The summed E-state index contributed by atoms with van der Waals surface area (Å²) in [5.74, 6) is -2.01. The minimum Gasteiger partial charge on any atom is -0.508 e. The predicted molar refractivity (Wildman–Crippen MR) is 140 cm³/mol. The molecule has 1 amide bonds. The maximum absolute atomic E-state index is 12.9. The number of aliphatic carboxylic acids is 1. The number of nitriles is 1. The van der Waals surface area contributed by atoms with E-state index >= 15 is 0 Å². The lowest BCUT2D eigenvalue weighted by atomic mass is 10.00. The van der Waals surface area contributed by atoms with Gasteiger partial charge in [0.2, 0.25) is 12.2 Å². The third kappa shape index (κ3) is 7.72. The van der Waals surface area contributed by atoms with Crippen LogP contribution in [0.25, 0.3) is 0 Å². The molecule has 1 fully saturated rings. The Bertz CT molecular complexity index is 1230. The van der Waals surface area contributed by atoms with E-state index in [1.165, 1.54) is 24.3 Å². The standard InChI is InChI=1S/C25H27Cl2N5O6/c26-18-8-14(4-5-21(35)15-2-1-3-16(33)10-15)9-19(27)22(18)23(36)31-20(24(37)38)11-29-25(30-13-28)32-7-6-17(34)12-32/h1-3,8-10,17,20-21,33-35H,4-7,11-12H2,(H,29,30)(H,31,36)(H,37,38)/t17-,20-,21?/m0/s1. The normalized spacial score (nSPS) is 17.0. The van der Waals surface area contributed by atoms with Crippen molar-refractivity contribution >= 4 is 41.0 Å². The van der Waals surface area contributed by atoms with Gasteiger partial charge in [0, 0.05) is 19.6 Å². The quantitative estimate of drug-likeness (QED) is 0.151. The molecule has 11 nitrogen and oxygen atoms in total. The van der Waals surface area contributed by atoms with E-state index in [0.717, 1.165) is 0 Å². The Kier molecular flexibility index (Phi) is 10.2. The summed E-state index contributed by atoms with van der Waals surface area (Å²) in [6.45, 7) is 0.371. The number of nitrogens with zero attached hydrogens (tertiary/aromatic N) is 3. The SMILES string of the molecule is N#CN=C(NC[C@H](NC(=O)c1c(Cl)cc(CCC(O)c2cccc(O)c2)cc1Cl)C(=O)O)N1CC[C@H](O)C1. The van der Waals surface area contributed by atoms with Gasteiger partial charge >= 0.3 is 5.97 Å². The molecule has 0 bridgehead atoms. The van der Waals surface area contributed by atoms with Gasteiger partial charge in [-0.2, -0.15) is 5.26 Å². The van der Waals surface area contributed by atoms with Crippen LogP contribution in [0.15, 0.2) is 41.4 Å². The molecule has 13 heteroatoms. The van der Waals surface area contributed by atoms with Crippen molar-refractivity contribution in [2.24, 2.45) is 4.99 Å². The van der Waals surface area contributed by atoms with Gasteiger partial charge in [-0.15, -0.1) is 4.99 Å². The van der Waals surface area contributed by atoms with E-state index in [4.69, 9.17) is 28.5 Å². The Balaban J connectivity index is 1.65. The first kappa shape index (κ1) is 29.0. The highest BCUT2D eigenvalue weighted by molar-refractivity contribution is 6.39. The summed E-state index contributed by atoms with van der Waals surface area (Å²) in [6.07, 6.45) is 1.35. The fourth-order valence-electron chi connectivity index (χ4n) is 4.02. The fourth-order valence-corrected chi connectivity index (χ4v) is 4.72. The summed E-state index contributed by atoms with van der Waals surface area (Å²) < 4.78 is 0. The number of amides is 1. The molecule has 1 heterocycles. The average molecular weight is 564 g/mol. The number of guanidine groups is 1. The first-order chi connectivity index (χ1) is 18.1. The van der Waals surface area contributed by atoms with Crippen molar-refractivity contribution < 1.29 is 30.0 Å². The number of rotatable bonds is 9. The number of hydrogen-bond donors (Lipinski definition) is 6. The number of carboxylic acids is 1. The highest BCUT2D eigenvalue weighted by Gasteiger charge is 2.27. The van der Waals surface area contributed by atoms with Gasteiger partial charge in [-0.05, 0) is 54.7 Å². The number of carbonyl (C=O) groups excluding carboxylic acids is 1. The van der Waals surface area contributed by atoms with Gasteiger partial charge in [0.05, 0.1) is 27.8 Å². The summed E-state index contributed by atoms with van der Waals surface area (Å²) in [4.78, 5) is 30.0. The summed E-state index contributed by atoms with van der Waals surface area (Å²) >= 11 is 12.6. The number of carbonyl (C=O) groups is 2. The Morgan fingerprint density at radius 1 is 1.24 bits per heavy atom. The van der Waals surface area contributed by atoms with Gasteiger partial charge < -0.3 is 36.0 Å². The van der Waals surface area contributed by atoms with E-state index in [9.17, 15) is 30.0 Å². The zero-order valence-electron chi connectivity index (χ0n) is 20.1. The molecule has 3 rings (SSSR count). The Hall–Kier alpha value is -3.56. The molecular weight excluding hydrogens is 537 g/mol. The summed E-state index contributed by atoms with van der Waals surface area (Å²) in [5.41, 5.74) is 1.10. The molecular formula is C25H27Cl2N5O6. The Morgan fingerprint density at radius 3 is 2.53 bits per heavy atom. The lowest BCUT2D eigenvalue weighted by molar-refractivity contribution is -0.139. The molecule has 3 atom stereocenters. The van der Waals surface area contributed by atoms with Crippen molar-refractivity contribution in [3.63, 3.8) is 0 Å². The van der Waals surface area contributed by atoms with Crippen molar-refractivity contribution in [1.29, 1.82) is 5.26 Å². The van der Waals surface area contributed by atoms with E-state index in [2.05, 4.69) is 15.6 Å². The zero-order valence-corrected chi connectivity index (χ0v) is 21.7. The number of aliphatic hydroxyl groups is 2. The first-order valence-electron chi connectivity index (χ1n) is 11.7. The lowest BCUT2D eigenvalue weighted by Crippen LogP contribution is -2.51. The van der Waals surface area contributed by atoms with Crippen LogP contribution in [0.5, 0.6) is 5.75 Å². The number of phenolic OH excluding ortho intramolecular Hbond substituents is 1. The van der Waals surface area contributed by atoms with Crippen LogP contribution in [-0.4, -0.2) is 74.9 Å². The second-order valence-corrected chi connectivity index (χ2v) is 9.57. The number of β-amino-alcohol motifs (C(OH)–C–C–N with tert-alkyl or cyclic N) is 1. The molecule has 1 unspecified atom stereocenters. The van der Waals surface area contributed by atoms with Crippen LogP contribution >= 0.6 is 23.2 Å². The van der Waals surface area contributed by atoms with Crippen molar-refractivity contribution in [3.05, 3.63) is 63.1 Å². The predicted octanol–water partition coefficient (Wildman–Crippen LogP) is 2.04. The Morgan fingerprint density at radius 2 is 1.95 bits per heavy atom. The van der Waals surface area contributed by atoms with Crippen molar-refractivity contribution in [2.45, 2.75) is 37.5 Å². The van der Waals surface area contributed by atoms with E-state index in [0.29, 0.717) is 36.9 Å². The van der Waals surface area contributed by atoms with Crippen molar-refractivity contribution in [1.82, 2.24) is 15.5 Å². The zero-order chi connectivity index (χ0) is 27.8. The number of phenols is 1. The van der Waals surface area contributed by atoms with Gasteiger partial charge in [0.15, 0.2) is 0 Å².